The summed E-state index contributed by atoms with van der Waals surface area (Å²) in [6, 6.07) is 22.1. The largest absolute Gasteiger partial charge is 0.493 e. The van der Waals surface area contributed by atoms with Gasteiger partial charge in [-0.05, 0) is 29.1 Å². The molecule has 3 aliphatic heterocycles. The number of para-hydroxylation sites is 1. The standard InChI is InChI=1S/C28H33N2O3S/c31-28(29(25-14-19-34-22-25)20-23-8-3-1-4-9-23)33-27-21-30(16-12-24(27)13-17-30)15-7-18-32-26-10-5-2-6-11-26/h1-6,8-11,14,19,22,24,27H,7,12-13,15-18,20-21H2/q+1/t24?,27-,30?/m0/s1. The predicted molar refractivity (Wildman–Crippen MR) is 136 cm³/mol. The van der Waals surface area contributed by atoms with Gasteiger partial charge in [-0.1, -0.05) is 48.5 Å². The Morgan fingerprint density at radius 3 is 2.44 bits per heavy atom. The summed E-state index contributed by atoms with van der Waals surface area (Å²) < 4.78 is 13.2. The first-order valence-electron chi connectivity index (χ1n) is 12.3. The number of rotatable bonds is 9. The molecule has 3 aliphatic rings. The SMILES string of the molecule is O=C(O[C@H]1C[N+]2(CCCOc3ccccc3)CCC1CC2)N(Cc1ccccc1)c1ccsc1. The minimum Gasteiger partial charge on any atom is -0.493 e. The van der Waals surface area contributed by atoms with Crippen LogP contribution in [0.5, 0.6) is 5.75 Å². The molecular formula is C28H33N2O3S+. The molecule has 1 aromatic heterocycles. The second-order valence-corrected chi connectivity index (χ2v) is 10.3. The van der Waals surface area contributed by atoms with E-state index in [-0.39, 0.29) is 12.2 Å². The number of anilines is 1. The first kappa shape index (κ1) is 22.9. The number of nitrogens with zero attached hydrogens (tertiary/aromatic N) is 2. The quantitative estimate of drug-likeness (QED) is 0.282. The van der Waals surface area contributed by atoms with E-state index >= 15 is 0 Å². The Morgan fingerprint density at radius 1 is 1.00 bits per heavy atom. The normalized spacial score (nSPS) is 23.4. The highest BCUT2D eigenvalue weighted by molar-refractivity contribution is 7.08. The van der Waals surface area contributed by atoms with Crippen molar-refractivity contribution in [2.75, 3.05) is 37.7 Å². The van der Waals surface area contributed by atoms with Crippen LogP contribution < -0.4 is 9.64 Å². The summed E-state index contributed by atoms with van der Waals surface area (Å²) in [7, 11) is 0. The molecule has 1 atom stereocenters. The van der Waals surface area contributed by atoms with Crippen LogP contribution in [-0.4, -0.2) is 49.5 Å². The number of piperidine rings is 3. The van der Waals surface area contributed by atoms with Crippen molar-refractivity contribution < 1.29 is 18.8 Å². The number of quaternary nitrogens is 1. The molecule has 0 unspecified atom stereocenters. The van der Waals surface area contributed by atoms with E-state index in [9.17, 15) is 4.79 Å². The Morgan fingerprint density at radius 2 is 1.74 bits per heavy atom. The lowest BCUT2D eigenvalue weighted by Crippen LogP contribution is -2.65. The Hall–Kier alpha value is -2.83. The van der Waals surface area contributed by atoms with Crippen LogP contribution in [0.4, 0.5) is 10.5 Å². The molecule has 4 heterocycles. The van der Waals surface area contributed by atoms with Gasteiger partial charge in [0.1, 0.15) is 12.3 Å². The van der Waals surface area contributed by atoms with E-state index in [1.165, 1.54) is 13.1 Å². The van der Waals surface area contributed by atoms with Crippen molar-refractivity contribution in [3.8, 4) is 5.75 Å². The second kappa shape index (κ2) is 10.6. The fourth-order valence-corrected chi connectivity index (χ4v) is 6.05. The highest BCUT2D eigenvalue weighted by Crippen LogP contribution is 2.36. The predicted octanol–water partition coefficient (Wildman–Crippen LogP) is 5.97. The minimum absolute atomic E-state index is 0.0121. The lowest BCUT2D eigenvalue weighted by Gasteiger charge is -2.52. The molecule has 0 saturated carbocycles. The van der Waals surface area contributed by atoms with E-state index in [2.05, 4.69) is 12.1 Å². The Bertz CT molecular complexity index is 1030. The van der Waals surface area contributed by atoms with Gasteiger partial charge < -0.3 is 14.0 Å². The van der Waals surface area contributed by atoms with Crippen molar-refractivity contribution in [2.45, 2.75) is 31.9 Å². The molecule has 0 spiro atoms. The zero-order valence-electron chi connectivity index (χ0n) is 19.6. The maximum Gasteiger partial charge on any atom is 0.415 e. The Balaban J connectivity index is 1.20. The van der Waals surface area contributed by atoms with Gasteiger partial charge in [-0.2, -0.15) is 11.3 Å². The van der Waals surface area contributed by atoms with Crippen LogP contribution in [0.3, 0.4) is 0 Å². The molecule has 5 nitrogen and oxygen atoms in total. The smallest absolute Gasteiger partial charge is 0.415 e. The molecule has 6 rings (SSSR count). The molecule has 0 aliphatic carbocycles. The first-order chi connectivity index (χ1) is 16.7. The van der Waals surface area contributed by atoms with Gasteiger partial charge in [-0.25, -0.2) is 4.79 Å². The number of benzene rings is 2. The average molecular weight is 478 g/mol. The topological polar surface area (TPSA) is 38.8 Å². The summed E-state index contributed by atoms with van der Waals surface area (Å²) in [5.74, 6) is 1.41. The van der Waals surface area contributed by atoms with Crippen molar-refractivity contribution in [2.24, 2.45) is 5.92 Å². The summed E-state index contributed by atoms with van der Waals surface area (Å²) in [5, 5.41) is 4.02. The van der Waals surface area contributed by atoms with E-state index < -0.39 is 0 Å². The molecule has 178 valence electrons. The summed E-state index contributed by atoms with van der Waals surface area (Å²) >= 11 is 1.60. The number of thiophene rings is 1. The molecule has 3 fully saturated rings. The highest BCUT2D eigenvalue weighted by atomic mass is 32.1. The number of hydrogen-bond acceptors (Lipinski definition) is 4. The van der Waals surface area contributed by atoms with Gasteiger partial charge in [0.15, 0.2) is 6.10 Å². The Kier molecular flexibility index (Phi) is 7.16. The highest BCUT2D eigenvalue weighted by Gasteiger charge is 2.47. The fourth-order valence-electron chi connectivity index (χ4n) is 5.41. The van der Waals surface area contributed by atoms with Gasteiger partial charge in [-0.3, -0.25) is 4.90 Å². The first-order valence-corrected chi connectivity index (χ1v) is 13.2. The number of amides is 1. The molecule has 1 amide bonds. The van der Waals surface area contributed by atoms with Crippen molar-refractivity contribution in [3.05, 3.63) is 83.1 Å². The zero-order valence-corrected chi connectivity index (χ0v) is 20.4. The summed E-state index contributed by atoms with van der Waals surface area (Å²) in [5.41, 5.74) is 2.00. The lowest BCUT2D eigenvalue weighted by molar-refractivity contribution is -0.946. The second-order valence-electron chi connectivity index (χ2n) is 9.52. The third kappa shape index (κ3) is 5.45. The number of fused-ring (bicyclic) bond motifs is 3. The maximum atomic E-state index is 13.4. The number of carbonyl (C=O) groups excluding carboxylic acids is 1. The van der Waals surface area contributed by atoms with Crippen LogP contribution in [0.15, 0.2) is 77.5 Å². The van der Waals surface area contributed by atoms with Gasteiger partial charge in [0.25, 0.3) is 0 Å². The number of carbonyl (C=O) groups is 1. The van der Waals surface area contributed by atoms with Crippen LogP contribution in [0.25, 0.3) is 0 Å². The van der Waals surface area contributed by atoms with E-state index in [1.807, 2.05) is 65.4 Å². The van der Waals surface area contributed by atoms with Gasteiger partial charge in [0.2, 0.25) is 0 Å². The van der Waals surface area contributed by atoms with E-state index in [0.717, 1.165) is 60.4 Å². The van der Waals surface area contributed by atoms with E-state index in [1.54, 1.807) is 16.2 Å². The van der Waals surface area contributed by atoms with Crippen LogP contribution in [0, 0.1) is 5.92 Å². The van der Waals surface area contributed by atoms with Crippen LogP contribution in [-0.2, 0) is 11.3 Å². The molecule has 34 heavy (non-hydrogen) atoms. The van der Waals surface area contributed by atoms with Gasteiger partial charge >= 0.3 is 6.09 Å². The fraction of sp³-hybridized carbons (Fsp3) is 0.393. The van der Waals surface area contributed by atoms with Gasteiger partial charge in [0, 0.05) is 30.6 Å². The molecule has 0 radical (unpaired) electrons. The van der Waals surface area contributed by atoms with Crippen molar-refractivity contribution in [1.29, 1.82) is 0 Å². The molecule has 3 saturated heterocycles. The van der Waals surface area contributed by atoms with Gasteiger partial charge in [0.05, 0.1) is 38.5 Å². The molecule has 2 aromatic carbocycles. The summed E-state index contributed by atoms with van der Waals surface area (Å²) in [6.45, 7) is 5.60. The van der Waals surface area contributed by atoms with Crippen molar-refractivity contribution >= 4 is 23.1 Å². The van der Waals surface area contributed by atoms with Crippen LogP contribution in [0.1, 0.15) is 24.8 Å². The molecule has 6 heteroatoms. The van der Waals surface area contributed by atoms with E-state index in [4.69, 9.17) is 9.47 Å². The number of hydrogen-bond donors (Lipinski definition) is 0. The monoisotopic (exact) mass is 477 g/mol. The average Bonchev–Trinajstić information content (AvgIpc) is 3.42. The maximum absolute atomic E-state index is 13.4. The van der Waals surface area contributed by atoms with Crippen LogP contribution >= 0.6 is 11.3 Å². The molecule has 3 aromatic rings. The summed E-state index contributed by atoms with van der Waals surface area (Å²) in [4.78, 5) is 15.2. The van der Waals surface area contributed by atoms with Crippen molar-refractivity contribution in [1.82, 2.24) is 0 Å². The van der Waals surface area contributed by atoms with Gasteiger partial charge in [-0.15, -0.1) is 0 Å². The third-order valence-electron chi connectivity index (χ3n) is 7.30. The molecule has 0 N–H and O–H groups in total. The Labute approximate surface area is 206 Å². The third-order valence-corrected chi connectivity index (χ3v) is 7.97. The zero-order chi connectivity index (χ0) is 23.2. The lowest BCUT2D eigenvalue weighted by atomic mass is 9.83. The minimum atomic E-state index is -0.230. The molecular weight excluding hydrogens is 444 g/mol. The summed E-state index contributed by atoms with van der Waals surface area (Å²) in [6.07, 6.45) is 3.03. The molecule has 2 bridgehead atoms. The van der Waals surface area contributed by atoms with Crippen LogP contribution in [0.2, 0.25) is 0 Å². The van der Waals surface area contributed by atoms with E-state index in [0.29, 0.717) is 12.5 Å². The number of ether oxygens (including phenoxy) is 2. The van der Waals surface area contributed by atoms with Crippen molar-refractivity contribution in [3.63, 3.8) is 0 Å².